The highest BCUT2D eigenvalue weighted by molar-refractivity contribution is 6.74. The summed E-state index contributed by atoms with van der Waals surface area (Å²) >= 11 is 0. The molecule has 1 aliphatic rings. The summed E-state index contributed by atoms with van der Waals surface area (Å²) in [5, 5.41) is 8.37. The van der Waals surface area contributed by atoms with E-state index in [1.165, 1.54) is 5.56 Å². The summed E-state index contributed by atoms with van der Waals surface area (Å²) in [6.07, 6.45) is 3.90. The summed E-state index contributed by atoms with van der Waals surface area (Å²) in [5.41, 5.74) is 11.8. The minimum atomic E-state index is -1.83. The van der Waals surface area contributed by atoms with Gasteiger partial charge in [0, 0.05) is 11.3 Å². The number of amides is 1. The van der Waals surface area contributed by atoms with Crippen molar-refractivity contribution in [3.8, 4) is 11.3 Å². The summed E-state index contributed by atoms with van der Waals surface area (Å²) in [6.45, 7) is 14.1. The van der Waals surface area contributed by atoms with Gasteiger partial charge in [0.05, 0.1) is 30.6 Å². The third-order valence-corrected chi connectivity index (χ3v) is 13.1. The second-order valence-corrected chi connectivity index (χ2v) is 17.5. The van der Waals surface area contributed by atoms with Crippen LogP contribution in [0.4, 0.5) is 11.6 Å². The van der Waals surface area contributed by atoms with Crippen LogP contribution in [0.3, 0.4) is 0 Å². The highest BCUT2D eigenvalue weighted by Crippen LogP contribution is 2.37. The zero-order chi connectivity index (χ0) is 29.2. The van der Waals surface area contributed by atoms with E-state index >= 15 is 0 Å². The number of carbonyl (C=O) groups is 1. The Morgan fingerprint density at radius 3 is 2.49 bits per heavy atom. The third kappa shape index (κ3) is 6.86. The van der Waals surface area contributed by atoms with Gasteiger partial charge in [0.1, 0.15) is 0 Å². The number of rotatable bonds is 9. The monoisotopic (exact) mass is 570 g/mol. The van der Waals surface area contributed by atoms with Crippen LogP contribution in [0.25, 0.3) is 16.8 Å². The van der Waals surface area contributed by atoms with Crippen LogP contribution in [-0.4, -0.2) is 53.4 Å². The Bertz CT molecular complexity index is 1500. The first-order valence-electron chi connectivity index (χ1n) is 14.4. The fourth-order valence-electron chi connectivity index (χ4n) is 5.09. The van der Waals surface area contributed by atoms with Gasteiger partial charge >= 0.3 is 0 Å². The molecule has 1 fully saturated rings. The molecule has 216 valence electrons. The minimum Gasteiger partial charge on any atom is -0.413 e. The second-order valence-electron chi connectivity index (χ2n) is 12.7. The van der Waals surface area contributed by atoms with Crippen molar-refractivity contribution in [3.05, 3.63) is 78.0 Å². The molecule has 2 aromatic carbocycles. The van der Waals surface area contributed by atoms with Crippen molar-refractivity contribution in [1.82, 2.24) is 19.5 Å². The maximum atomic E-state index is 11.2. The Balaban J connectivity index is 1.27. The molecule has 0 saturated carbocycles. The minimum absolute atomic E-state index is 0.175. The number of hydrogen-bond acceptors (Lipinski definition) is 6. The fraction of sp³-hybridized carbons (Fsp3) is 0.406. The van der Waals surface area contributed by atoms with Gasteiger partial charge in [-0.3, -0.25) is 9.69 Å². The van der Waals surface area contributed by atoms with E-state index in [0.29, 0.717) is 25.0 Å². The lowest BCUT2D eigenvalue weighted by Gasteiger charge is -2.36. The number of nitrogens with zero attached hydrogens (tertiary/aromatic N) is 4. The zero-order valence-corrected chi connectivity index (χ0v) is 25.9. The van der Waals surface area contributed by atoms with E-state index in [0.717, 1.165) is 54.0 Å². The summed E-state index contributed by atoms with van der Waals surface area (Å²) < 4.78 is 8.41. The van der Waals surface area contributed by atoms with E-state index in [2.05, 4.69) is 104 Å². The van der Waals surface area contributed by atoms with Crippen molar-refractivity contribution in [2.24, 2.45) is 5.73 Å². The molecule has 1 amide bonds. The van der Waals surface area contributed by atoms with Gasteiger partial charge in [-0.15, -0.1) is 5.10 Å². The Hall–Kier alpha value is -3.53. The van der Waals surface area contributed by atoms with Crippen LogP contribution in [0.15, 0.2) is 66.9 Å². The number of piperidine rings is 1. The number of aromatic nitrogens is 3. The quantitative estimate of drug-likeness (QED) is 0.228. The molecule has 0 atom stereocenters. The molecule has 3 heterocycles. The molecular formula is C32H42N6O2Si. The normalized spacial score (nSPS) is 15.3. The number of likely N-dealkylation sites (tertiary alicyclic amines) is 1. The number of benzene rings is 2. The summed E-state index contributed by atoms with van der Waals surface area (Å²) in [5.74, 6) is 0.776. The van der Waals surface area contributed by atoms with E-state index in [1.54, 1.807) is 0 Å². The molecule has 0 aliphatic carbocycles. The number of primary amides is 1. The number of hydrogen-bond donors (Lipinski definition) is 2. The molecule has 1 aliphatic heterocycles. The first kappa shape index (κ1) is 29.0. The topological polar surface area (TPSA) is 97.8 Å². The molecule has 2 aromatic heterocycles. The highest BCUT2D eigenvalue weighted by Gasteiger charge is 2.37. The van der Waals surface area contributed by atoms with Crippen LogP contribution in [-0.2, 0) is 15.8 Å². The number of anilines is 2. The lowest BCUT2D eigenvalue weighted by atomic mass is 9.89. The maximum Gasteiger partial charge on any atom is 0.245 e. The molecule has 9 heteroatoms. The molecule has 0 spiro atoms. The van der Waals surface area contributed by atoms with Crippen LogP contribution in [0.2, 0.25) is 18.1 Å². The Morgan fingerprint density at radius 2 is 1.80 bits per heavy atom. The Labute approximate surface area is 244 Å². The van der Waals surface area contributed by atoms with Crippen molar-refractivity contribution in [2.45, 2.75) is 64.3 Å². The maximum absolute atomic E-state index is 11.2. The fourth-order valence-corrected chi connectivity index (χ4v) is 6.05. The van der Waals surface area contributed by atoms with Crippen LogP contribution in [0.1, 0.15) is 50.7 Å². The summed E-state index contributed by atoms with van der Waals surface area (Å²) in [4.78, 5) is 17.9. The predicted molar refractivity (Wildman–Crippen MR) is 168 cm³/mol. The van der Waals surface area contributed by atoms with Gasteiger partial charge in [0.2, 0.25) is 11.9 Å². The Kier molecular flexibility index (Phi) is 8.31. The number of nitrogens with one attached hydrogen (secondary N) is 1. The third-order valence-electron chi connectivity index (χ3n) is 8.63. The predicted octanol–water partition coefficient (Wildman–Crippen LogP) is 6.33. The second kappa shape index (κ2) is 11.8. The average molecular weight is 571 g/mol. The number of nitrogens with two attached hydrogens (primary N) is 1. The van der Waals surface area contributed by atoms with E-state index in [-0.39, 0.29) is 10.9 Å². The zero-order valence-electron chi connectivity index (χ0n) is 24.9. The molecular weight excluding hydrogens is 528 g/mol. The van der Waals surface area contributed by atoms with Gasteiger partial charge in [0.25, 0.3) is 0 Å². The summed E-state index contributed by atoms with van der Waals surface area (Å²) in [6, 6.07) is 21.2. The smallest absolute Gasteiger partial charge is 0.245 e. The SMILES string of the molecule is CC(C)(C)[Si](C)(C)OCc1cccc(-c2ccc3cnc(Nc4ccc(C5CCN(CC(N)=O)CC5)cc4)nn23)c1. The molecule has 4 aromatic rings. The van der Waals surface area contributed by atoms with E-state index in [1.807, 2.05) is 16.8 Å². The van der Waals surface area contributed by atoms with E-state index in [4.69, 9.17) is 15.3 Å². The number of carbonyl (C=O) groups excluding carboxylic acids is 1. The number of fused-ring (bicyclic) bond motifs is 1. The van der Waals surface area contributed by atoms with Crippen LogP contribution in [0.5, 0.6) is 0 Å². The summed E-state index contributed by atoms with van der Waals surface area (Å²) in [7, 11) is -1.83. The van der Waals surface area contributed by atoms with Crippen molar-refractivity contribution >= 4 is 31.4 Å². The van der Waals surface area contributed by atoms with Gasteiger partial charge in [-0.25, -0.2) is 9.50 Å². The van der Waals surface area contributed by atoms with E-state index in [9.17, 15) is 4.79 Å². The van der Waals surface area contributed by atoms with Crippen molar-refractivity contribution in [1.29, 1.82) is 0 Å². The first-order chi connectivity index (χ1) is 19.5. The first-order valence-corrected chi connectivity index (χ1v) is 17.3. The lowest BCUT2D eigenvalue weighted by molar-refractivity contribution is -0.119. The average Bonchev–Trinajstić information content (AvgIpc) is 3.35. The molecule has 0 bridgehead atoms. The van der Waals surface area contributed by atoms with Gasteiger partial charge in [-0.2, -0.15) is 0 Å². The highest BCUT2D eigenvalue weighted by atomic mass is 28.4. The largest absolute Gasteiger partial charge is 0.413 e. The standard InChI is InChI=1S/C32H42N6O2Si/c1-32(2,3)41(4,5)40-22-23-7-6-8-26(19-23)29-14-13-28-20-34-31(36-38(28)29)35-27-11-9-24(10-12-27)25-15-17-37(18-16-25)21-30(33)39/h6-14,19-20,25H,15-18,21-22H2,1-5H3,(H2,33,39)(H,35,36). The van der Waals surface area contributed by atoms with Gasteiger partial charge in [-0.05, 0) is 91.4 Å². The molecule has 41 heavy (non-hydrogen) atoms. The molecule has 0 radical (unpaired) electrons. The molecule has 3 N–H and O–H groups in total. The molecule has 5 rings (SSSR count). The Morgan fingerprint density at radius 1 is 1.07 bits per heavy atom. The molecule has 1 saturated heterocycles. The lowest BCUT2D eigenvalue weighted by Crippen LogP contribution is -2.40. The van der Waals surface area contributed by atoms with Gasteiger partial charge < -0.3 is 15.5 Å². The van der Waals surface area contributed by atoms with Crippen LogP contribution in [0, 0.1) is 0 Å². The van der Waals surface area contributed by atoms with E-state index < -0.39 is 8.32 Å². The molecule has 8 nitrogen and oxygen atoms in total. The van der Waals surface area contributed by atoms with Crippen molar-refractivity contribution in [3.63, 3.8) is 0 Å². The van der Waals surface area contributed by atoms with Crippen molar-refractivity contribution in [2.75, 3.05) is 25.0 Å². The van der Waals surface area contributed by atoms with Gasteiger partial charge in [0.15, 0.2) is 8.32 Å². The molecule has 0 unspecified atom stereocenters. The van der Waals surface area contributed by atoms with Gasteiger partial charge in [-0.1, -0.05) is 51.1 Å². The van der Waals surface area contributed by atoms with Crippen LogP contribution >= 0.6 is 0 Å². The van der Waals surface area contributed by atoms with Crippen molar-refractivity contribution < 1.29 is 9.22 Å². The van der Waals surface area contributed by atoms with Crippen LogP contribution < -0.4 is 11.1 Å².